The molecule has 0 atom stereocenters. The normalized spacial score (nSPS) is 14.5. The van der Waals surface area contributed by atoms with Crippen LogP contribution in [0.15, 0.2) is 72.8 Å². The molecule has 6 nitrogen and oxygen atoms in total. The van der Waals surface area contributed by atoms with Crippen LogP contribution in [0.1, 0.15) is 94.2 Å². The molecule has 6 heteroatoms. The van der Waals surface area contributed by atoms with Gasteiger partial charge in [-0.05, 0) is 51.1 Å². The van der Waals surface area contributed by atoms with Gasteiger partial charge in [-0.2, -0.15) is 0 Å². The topological polar surface area (TPSA) is 60.9 Å². The summed E-state index contributed by atoms with van der Waals surface area (Å²) >= 11 is 0. The van der Waals surface area contributed by atoms with Gasteiger partial charge in [0.15, 0.2) is 0 Å². The lowest BCUT2D eigenvalue weighted by atomic mass is 10.0. The average molecular weight is 610 g/mol. The van der Waals surface area contributed by atoms with Crippen LogP contribution in [0.3, 0.4) is 0 Å². The molecule has 0 N–H and O–H groups in total. The van der Waals surface area contributed by atoms with E-state index in [2.05, 4.69) is 96.1 Å². The van der Waals surface area contributed by atoms with E-state index in [0.717, 1.165) is 33.4 Å². The minimum atomic E-state index is 0.121. The molecular weight excluding hydrogens is 558 g/mol. The number of rotatable bonds is 6. The summed E-state index contributed by atoms with van der Waals surface area (Å²) < 4.78 is 0. The van der Waals surface area contributed by atoms with Gasteiger partial charge in [0.25, 0.3) is 0 Å². The summed E-state index contributed by atoms with van der Waals surface area (Å²) in [4.78, 5) is 46.4. The first-order valence-corrected chi connectivity index (χ1v) is 16.5. The van der Waals surface area contributed by atoms with E-state index in [9.17, 15) is 14.4 Å². The number of amides is 3. The number of fused-ring (bicyclic) bond motifs is 6. The lowest BCUT2D eigenvalue weighted by molar-refractivity contribution is -0.134. The zero-order valence-electron chi connectivity index (χ0n) is 28.1. The van der Waals surface area contributed by atoms with Crippen molar-refractivity contribution in [1.29, 1.82) is 0 Å². The molecule has 0 saturated carbocycles. The van der Waals surface area contributed by atoms with Gasteiger partial charge < -0.3 is 14.7 Å². The van der Waals surface area contributed by atoms with Gasteiger partial charge in [0.05, 0.1) is 0 Å². The van der Waals surface area contributed by atoms with E-state index >= 15 is 0 Å². The van der Waals surface area contributed by atoms with Crippen LogP contribution >= 0.6 is 0 Å². The molecule has 0 unspecified atom stereocenters. The number of hydrogen-bond donors (Lipinski definition) is 0. The van der Waals surface area contributed by atoms with Crippen molar-refractivity contribution < 1.29 is 14.4 Å². The molecule has 1 aliphatic heterocycles. The molecule has 45 heavy (non-hydrogen) atoms. The molecule has 0 aromatic heterocycles. The number of carbonyl (C=O) groups excluding carboxylic acids is 3. The zero-order valence-corrected chi connectivity index (χ0v) is 28.1. The van der Waals surface area contributed by atoms with Crippen molar-refractivity contribution in [2.75, 3.05) is 0 Å². The Hall–Kier alpha value is -3.93. The standard InChI is InChI=1S/C39H51N3O3/c1-28(2)16-37(43)40-22-31-10-7-12-33(19-31)24-41(38(44)17-29(3)4)26-35-14-9-15-36(21-35)27-42(39(45)18-30(5)6)25-34-13-8-11-32(20-34)23-40/h7-15,19-21,28-30H,16-18,22-27H2,1-6H3. The Bertz CT molecular complexity index is 1220. The van der Waals surface area contributed by atoms with E-state index in [1.807, 2.05) is 32.9 Å². The fourth-order valence-corrected chi connectivity index (χ4v) is 5.93. The minimum Gasteiger partial charge on any atom is -0.334 e. The first-order valence-electron chi connectivity index (χ1n) is 16.5. The van der Waals surface area contributed by atoms with Gasteiger partial charge in [-0.25, -0.2) is 0 Å². The Morgan fingerprint density at radius 3 is 0.822 bits per heavy atom. The molecule has 3 amide bonds. The summed E-state index contributed by atoms with van der Waals surface area (Å²) in [5.74, 6) is 1.12. The molecule has 3 aromatic carbocycles. The second-order valence-electron chi connectivity index (χ2n) is 14.0. The number of carbonyl (C=O) groups is 3. The van der Waals surface area contributed by atoms with Crippen molar-refractivity contribution in [2.24, 2.45) is 17.8 Å². The second-order valence-corrected chi connectivity index (χ2v) is 14.0. The SMILES string of the molecule is CC(C)CC(=O)N1Cc2cccc(c2)CN(C(=O)CC(C)C)Cc2cccc(c2)CN(C(=O)CC(C)C)Cc2cccc(c2)C1. The largest absolute Gasteiger partial charge is 0.334 e. The second kappa shape index (κ2) is 15.9. The van der Waals surface area contributed by atoms with Crippen molar-refractivity contribution in [2.45, 2.75) is 100 Å². The third-order valence-corrected chi connectivity index (χ3v) is 8.02. The lowest BCUT2D eigenvalue weighted by Crippen LogP contribution is -2.32. The highest BCUT2D eigenvalue weighted by atomic mass is 16.2. The van der Waals surface area contributed by atoms with E-state index in [-0.39, 0.29) is 35.5 Å². The van der Waals surface area contributed by atoms with Crippen LogP contribution < -0.4 is 0 Å². The van der Waals surface area contributed by atoms with Crippen LogP contribution in [0.4, 0.5) is 0 Å². The van der Waals surface area contributed by atoms with Crippen LogP contribution in [0.25, 0.3) is 0 Å². The van der Waals surface area contributed by atoms with Gasteiger partial charge in [0, 0.05) is 58.5 Å². The quantitative estimate of drug-likeness (QED) is 0.287. The Morgan fingerprint density at radius 2 is 0.644 bits per heavy atom. The van der Waals surface area contributed by atoms with Gasteiger partial charge in [0.2, 0.25) is 17.7 Å². The van der Waals surface area contributed by atoms with Gasteiger partial charge in [-0.15, -0.1) is 0 Å². The third kappa shape index (κ3) is 10.6. The van der Waals surface area contributed by atoms with E-state index < -0.39 is 0 Å². The summed E-state index contributed by atoms with van der Waals surface area (Å²) in [5.41, 5.74) is 6.28. The monoisotopic (exact) mass is 609 g/mol. The molecule has 0 radical (unpaired) electrons. The number of hydrogen-bond acceptors (Lipinski definition) is 3. The maximum atomic E-state index is 13.5. The summed E-state index contributed by atoms with van der Waals surface area (Å²) in [6, 6.07) is 24.9. The summed E-state index contributed by atoms with van der Waals surface area (Å²) in [7, 11) is 0. The Labute approximate surface area is 270 Å². The van der Waals surface area contributed by atoms with Crippen LogP contribution in [-0.2, 0) is 53.7 Å². The predicted molar refractivity (Wildman–Crippen MR) is 180 cm³/mol. The number of nitrogens with zero attached hydrogens (tertiary/aromatic N) is 3. The predicted octanol–water partition coefficient (Wildman–Crippen LogP) is 7.72. The van der Waals surface area contributed by atoms with Crippen molar-refractivity contribution in [3.8, 4) is 0 Å². The van der Waals surface area contributed by atoms with E-state index in [4.69, 9.17) is 0 Å². The summed E-state index contributed by atoms with van der Waals surface area (Å²) in [6.07, 6.45) is 1.43. The van der Waals surface area contributed by atoms with Gasteiger partial charge in [-0.3, -0.25) is 14.4 Å². The van der Waals surface area contributed by atoms with Crippen molar-refractivity contribution in [3.05, 3.63) is 106 Å². The zero-order chi connectivity index (χ0) is 32.5. The Kier molecular flexibility index (Phi) is 12.0. The average Bonchev–Trinajstić information content (AvgIpc) is 2.95. The van der Waals surface area contributed by atoms with Crippen molar-refractivity contribution >= 4 is 17.7 Å². The number of benzene rings is 3. The van der Waals surface area contributed by atoms with Gasteiger partial charge >= 0.3 is 0 Å². The lowest BCUT2D eigenvalue weighted by Gasteiger charge is -2.28. The minimum absolute atomic E-state index is 0.121. The highest BCUT2D eigenvalue weighted by molar-refractivity contribution is 5.77. The van der Waals surface area contributed by atoms with E-state index in [1.54, 1.807) is 0 Å². The first kappa shape index (κ1) is 34.0. The van der Waals surface area contributed by atoms with Crippen LogP contribution in [0, 0.1) is 17.8 Å². The molecule has 3 aromatic rings. The molecule has 6 bridgehead atoms. The Balaban J connectivity index is 1.78. The maximum Gasteiger partial charge on any atom is 0.223 e. The molecule has 0 fully saturated rings. The highest BCUT2D eigenvalue weighted by Crippen LogP contribution is 2.22. The van der Waals surface area contributed by atoms with Gasteiger partial charge in [-0.1, -0.05) is 114 Å². The third-order valence-electron chi connectivity index (χ3n) is 8.02. The molecule has 1 heterocycles. The van der Waals surface area contributed by atoms with E-state index in [0.29, 0.717) is 58.5 Å². The highest BCUT2D eigenvalue weighted by Gasteiger charge is 2.21. The van der Waals surface area contributed by atoms with Crippen molar-refractivity contribution in [3.63, 3.8) is 0 Å². The molecule has 1 aliphatic rings. The summed E-state index contributed by atoms with van der Waals surface area (Å²) in [5, 5.41) is 0. The van der Waals surface area contributed by atoms with E-state index in [1.165, 1.54) is 0 Å². The van der Waals surface area contributed by atoms with Crippen LogP contribution in [-0.4, -0.2) is 32.4 Å². The molecule has 240 valence electrons. The molecule has 0 aliphatic carbocycles. The Morgan fingerprint density at radius 1 is 0.444 bits per heavy atom. The molecule has 0 spiro atoms. The van der Waals surface area contributed by atoms with Gasteiger partial charge in [0.1, 0.15) is 0 Å². The van der Waals surface area contributed by atoms with Crippen molar-refractivity contribution in [1.82, 2.24) is 14.7 Å². The fourth-order valence-electron chi connectivity index (χ4n) is 5.93. The fraction of sp³-hybridized carbons (Fsp3) is 0.462. The van der Waals surface area contributed by atoms with Crippen LogP contribution in [0.2, 0.25) is 0 Å². The first-order chi connectivity index (χ1) is 21.4. The molecular formula is C39H51N3O3. The molecule has 4 rings (SSSR count). The van der Waals surface area contributed by atoms with Crippen LogP contribution in [0.5, 0.6) is 0 Å². The maximum absolute atomic E-state index is 13.5. The molecule has 0 saturated heterocycles. The summed E-state index contributed by atoms with van der Waals surface area (Å²) in [6.45, 7) is 15.4. The smallest absolute Gasteiger partial charge is 0.223 e.